The van der Waals surface area contributed by atoms with E-state index >= 15 is 0 Å². The average Bonchev–Trinajstić information content (AvgIpc) is 2.68. The van der Waals surface area contributed by atoms with Gasteiger partial charge in [0.15, 0.2) is 0 Å². The highest BCUT2D eigenvalue weighted by Gasteiger charge is 2.24. The highest BCUT2D eigenvalue weighted by atomic mass is 16.5. The molecule has 0 fully saturated rings. The van der Waals surface area contributed by atoms with Crippen LogP contribution in [0.5, 0.6) is 0 Å². The molecule has 0 saturated heterocycles. The Bertz CT molecular complexity index is 793. The summed E-state index contributed by atoms with van der Waals surface area (Å²) in [7, 11) is 0. The molecular weight excluding hydrogens is 366 g/mol. The van der Waals surface area contributed by atoms with Crippen LogP contribution in [0.2, 0.25) is 0 Å². The van der Waals surface area contributed by atoms with Crippen LogP contribution >= 0.6 is 0 Å². The Hall–Kier alpha value is -2.89. The van der Waals surface area contributed by atoms with Crippen molar-refractivity contribution in [1.82, 2.24) is 10.3 Å². The van der Waals surface area contributed by atoms with Gasteiger partial charge in [0, 0.05) is 24.5 Å². The van der Waals surface area contributed by atoms with Crippen LogP contribution in [0.4, 0.5) is 10.5 Å². The number of amides is 2. The second-order valence-electron chi connectivity index (χ2n) is 7.59. The number of benzene rings is 1. The third-order valence-electron chi connectivity index (χ3n) is 4.65. The van der Waals surface area contributed by atoms with E-state index in [-0.39, 0.29) is 18.4 Å². The number of hydrogen-bond donors (Lipinski definition) is 2. The minimum Gasteiger partial charge on any atom is -0.464 e. The summed E-state index contributed by atoms with van der Waals surface area (Å²) in [6.45, 7) is 10.4. The Balaban J connectivity index is 2.23. The minimum atomic E-state index is -0.798. The highest BCUT2D eigenvalue weighted by molar-refractivity contribution is 5.94. The predicted octanol–water partition coefficient (Wildman–Crippen LogP) is 4.62. The molecule has 0 bridgehead atoms. The van der Waals surface area contributed by atoms with Crippen LogP contribution in [0.1, 0.15) is 63.1 Å². The van der Waals surface area contributed by atoms with Crippen molar-refractivity contribution in [2.75, 3.05) is 11.9 Å². The lowest BCUT2D eigenvalue weighted by Gasteiger charge is -2.22. The van der Waals surface area contributed by atoms with Gasteiger partial charge in [-0.2, -0.15) is 0 Å². The number of carbonyl (C=O) groups is 2. The fourth-order valence-corrected chi connectivity index (χ4v) is 3.19. The maximum Gasteiger partial charge on any atom is 0.329 e. The van der Waals surface area contributed by atoms with Gasteiger partial charge in [0.05, 0.1) is 6.61 Å². The molecule has 0 aliphatic heterocycles. The fourth-order valence-electron chi connectivity index (χ4n) is 3.19. The summed E-state index contributed by atoms with van der Waals surface area (Å²) < 4.78 is 5.15. The van der Waals surface area contributed by atoms with E-state index in [1.165, 1.54) is 0 Å². The maximum atomic E-state index is 12.8. The molecule has 1 heterocycles. The Morgan fingerprint density at radius 3 is 2.21 bits per heavy atom. The molecule has 2 N–H and O–H groups in total. The number of aromatic nitrogens is 1. The summed E-state index contributed by atoms with van der Waals surface area (Å²) >= 11 is 0. The first-order valence-electron chi connectivity index (χ1n) is 10.1. The third kappa shape index (κ3) is 6.31. The number of anilines is 1. The van der Waals surface area contributed by atoms with Gasteiger partial charge in [-0.25, -0.2) is 9.59 Å². The molecule has 6 nitrogen and oxygen atoms in total. The fraction of sp³-hybridized carbons (Fsp3) is 0.435. The Labute approximate surface area is 173 Å². The monoisotopic (exact) mass is 397 g/mol. The zero-order valence-corrected chi connectivity index (χ0v) is 17.9. The van der Waals surface area contributed by atoms with Crippen LogP contribution in [0.3, 0.4) is 0 Å². The van der Waals surface area contributed by atoms with Crippen molar-refractivity contribution in [3.8, 4) is 0 Å². The van der Waals surface area contributed by atoms with Gasteiger partial charge in [-0.05, 0) is 41.5 Å². The van der Waals surface area contributed by atoms with Crippen molar-refractivity contribution < 1.29 is 14.3 Å². The molecule has 2 rings (SSSR count). The molecular formula is C23H31N3O3. The first kappa shape index (κ1) is 22.4. The molecule has 1 atom stereocenters. The summed E-state index contributed by atoms with van der Waals surface area (Å²) in [6, 6.07) is 8.48. The van der Waals surface area contributed by atoms with Crippen molar-refractivity contribution in [3.63, 3.8) is 0 Å². The van der Waals surface area contributed by atoms with Gasteiger partial charge in [-0.1, -0.05) is 52.0 Å². The molecule has 0 aliphatic rings. The summed E-state index contributed by atoms with van der Waals surface area (Å²) in [5.41, 5.74) is 3.77. The van der Waals surface area contributed by atoms with Crippen molar-refractivity contribution in [3.05, 3.63) is 59.4 Å². The van der Waals surface area contributed by atoms with Gasteiger partial charge in [0.2, 0.25) is 0 Å². The number of nitrogens with zero attached hydrogens (tertiary/aromatic N) is 1. The molecule has 6 heteroatoms. The quantitative estimate of drug-likeness (QED) is 0.637. The molecule has 0 saturated carbocycles. The SMILES string of the molecule is CCOC(=O)C(Cc1cccnc1)NC(=O)Nc1c(C(C)C)cccc1C(C)C. The minimum absolute atomic E-state index is 0.249. The summed E-state index contributed by atoms with van der Waals surface area (Å²) in [6.07, 6.45) is 3.65. The molecule has 1 unspecified atom stereocenters. The number of para-hydroxylation sites is 1. The lowest BCUT2D eigenvalue weighted by Crippen LogP contribution is -2.45. The number of carbonyl (C=O) groups excluding carboxylic acids is 2. The number of esters is 1. The third-order valence-corrected chi connectivity index (χ3v) is 4.65. The van der Waals surface area contributed by atoms with Crippen LogP contribution in [-0.4, -0.2) is 29.6 Å². The van der Waals surface area contributed by atoms with E-state index in [1.807, 2.05) is 24.3 Å². The van der Waals surface area contributed by atoms with Gasteiger partial charge in [0.25, 0.3) is 0 Å². The largest absolute Gasteiger partial charge is 0.464 e. The van der Waals surface area contributed by atoms with Gasteiger partial charge in [-0.3, -0.25) is 4.98 Å². The van der Waals surface area contributed by atoms with Gasteiger partial charge in [-0.15, -0.1) is 0 Å². The van der Waals surface area contributed by atoms with E-state index in [0.29, 0.717) is 6.42 Å². The number of nitrogens with one attached hydrogen (secondary N) is 2. The number of urea groups is 1. The van der Waals surface area contributed by atoms with Crippen molar-refractivity contribution in [1.29, 1.82) is 0 Å². The van der Waals surface area contributed by atoms with Crippen molar-refractivity contribution >= 4 is 17.7 Å². The zero-order chi connectivity index (χ0) is 21.4. The lowest BCUT2D eigenvalue weighted by molar-refractivity contribution is -0.145. The lowest BCUT2D eigenvalue weighted by atomic mass is 9.93. The molecule has 156 valence electrons. The molecule has 0 spiro atoms. The molecule has 1 aromatic heterocycles. The van der Waals surface area contributed by atoms with Gasteiger partial charge in [0.1, 0.15) is 6.04 Å². The average molecular weight is 398 g/mol. The number of pyridine rings is 1. The molecule has 29 heavy (non-hydrogen) atoms. The number of rotatable bonds is 8. The Morgan fingerprint density at radius 1 is 1.03 bits per heavy atom. The first-order valence-corrected chi connectivity index (χ1v) is 10.1. The van der Waals surface area contributed by atoms with E-state index in [1.54, 1.807) is 25.4 Å². The van der Waals surface area contributed by atoms with Crippen molar-refractivity contribution in [2.24, 2.45) is 0 Å². The van der Waals surface area contributed by atoms with Crippen LogP contribution < -0.4 is 10.6 Å². The maximum absolute atomic E-state index is 12.8. The molecule has 1 aromatic carbocycles. The van der Waals surface area contributed by atoms with Gasteiger partial charge < -0.3 is 15.4 Å². The summed E-state index contributed by atoms with van der Waals surface area (Å²) in [5, 5.41) is 5.76. The van der Waals surface area contributed by atoms with Crippen molar-refractivity contribution in [2.45, 2.75) is 58.9 Å². The normalized spacial score (nSPS) is 12.0. The molecule has 0 radical (unpaired) electrons. The van der Waals surface area contributed by atoms with E-state index in [2.05, 4.69) is 43.3 Å². The molecule has 2 aromatic rings. The molecule has 2 amide bonds. The van der Waals surface area contributed by atoms with Crippen LogP contribution in [0.25, 0.3) is 0 Å². The number of hydrogen-bond acceptors (Lipinski definition) is 4. The predicted molar refractivity (Wildman–Crippen MR) is 115 cm³/mol. The topological polar surface area (TPSA) is 80.3 Å². The smallest absolute Gasteiger partial charge is 0.329 e. The zero-order valence-electron chi connectivity index (χ0n) is 17.9. The van der Waals surface area contributed by atoms with E-state index in [0.717, 1.165) is 22.4 Å². The standard InChI is InChI=1S/C23H31N3O3/c1-6-29-22(27)20(13-17-9-8-12-24-14-17)25-23(28)26-21-18(15(2)3)10-7-11-19(21)16(4)5/h7-12,14-16,20H,6,13H2,1-5H3,(H2,25,26,28). The first-order chi connectivity index (χ1) is 13.8. The Morgan fingerprint density at radius 2 is 1.69 bits per heavy atom. The second-order valence-corrected chi connectivity index (χ2v) is 7.59. The van der Waals surface area contributed by atoms with Gasteiger partial charge >= 0.3 is 12.0 Å². The number of ether oxygens (including phenoxy) is 1. The highest BCUT2D eigenvalue weighted by Crippen LogP contribution is 2.32. The summed E-state index contributed by atoms with van der Waals surface area (Å²) in [5.74, 6) is 0.0354. The van der Waals surface area contributed by atoms with Crippen LogP contribution in [0, 0.1) is 0 Å². The second kappa shape index (κ2) is 10.6. The molecule has 0 aliphatic carbocycles. The van der Waals surface area contributed by atoms with Crippen LogP contribution in [0.15, 0.2) is 42.7 Å². The van der Waals surface area contributed by atoms with E-state index < -0.39 is 18.0 Å². The van der Waals surface area contributed by atoms with Crippen LogP contribution in [-0.2, 0) is 16.0 Å². The Kier molecular flexibility index (Phi) is 8.19. The van der Waals surface area contributed by atoms with E-state index in [4.69, 9.17) is 4.74 Å². The summed E-state index contributed by atoms with van der Waals surface area (Å²) in [4.78, 5) is 29.3. The van der Waals surface area contributed by atoms with E-state index in [9.17, 15) is 9.59 Å².